The summed E-state index contributed by atoms with van der Waals surface area (Å²) >= 11 is 0. The second-order valence-electron chi connectivity index (χ2n) is 5.08. The molecule has 0 saturated heterocycles. The van der Waals surface area contributed by atoms with Crippen LogP contribution in [0.2, 0.25) is 0 Å². The molecule has 0 bridgehead atoms. The van der Waals surface area contributed by atoms with Crippen LogP contribution in [-0.2, 0) is 0 Å². The molecule has 0 radical (unpaired) electrons. The van der Waals surface area contributed by atoms with Gasteiger partial charge in [0.15, 0.2) is 0 Å². The number of aromatic nitrogens is 1. The molecule has 3 N–H and O–H groups in total. The zero-order chi connectivity index (χ0) is 13.9. The van der Waals surface area contributed by atoms with Gasteiger partial charge in [0.2, 0.25) is 0 Å². The summed E-state index contributed by atoms with van der Waals surface area (Å²) in [5, 5.41) is 0. The topological polar surface area (TPSA) is 50.9 Å². The summed E-state index contributed by atoms with van der Waals surface area (Å²) in [4.78, 5) is 4.03. The maximum atomic E-state index is 12.6. The van der Waals surface area contributed by atoms with Crippen LogP contribution in [0, 0.1) is 11.8 Å². The number of nitrogens with zero attached hydrogens (tertiary/aromatic N) is 1. The van der Waals surface area contributed by atoms with E-state index in [9.17, 15) is 13.2 Å². The van der Waals surface area contributed by atoms with E-state index >= 15 is 0 Å². The normalized spacial score (nSPS) is 26.1. The van der Waals surface area contributed by atoms with Gasteiger partial charge in [-0.25, -0.2) is 0 Å². The number of halogens is 3. The van der Waals surface area contributed by atoms with Gasteiger partial charge in [0.25, 0.3) is 0 Å². The number of nitrogens with one attached hydrogen (secondary N) is 1. The Bertz CT molecular complexity index is 386. The Balaban J connectivity index is 2.00. The average Bonchev–Trinajstić information content (AvgIpc) is 2.40. The molecule has 2 rings (SSSR count). The monoisotopic (exact) mass is 273 g/mol. The van der Waals surface area contributed by atoms with E-state index in [0.29, 0.717) is 12.8 Å². The molecule has 3 nitrogen and oxygen atoms in total. The van der Waals surface area contributed by atoms with Gasteiger partial charge < -0.3 is 0 Å². The van der Waals surface area contributed by atoms with Crippen LogP contribution < -0.4 is 11.3 Å². The summed E-state index contributed by atoms with van der Waals surface area (Å²) in [7, 11) is 0. The van der Waals surface area contributed by atoms with Crippen LogP contribution in [0.25, 0.3) is 0 Å². The summed E-state index contributed by atoms with van der Waals surface area (Å²) in [5.74, 6) is 4.53. The van der Waals surface area contributed by atoms with E-state index in [-0.39, 0.29) is 24.8 Å². The number of hydrazine groups is 1. The first-order chi connectivity index (χ1) is 9.02. The van der Waals surface area contributed by atoms with E-state index in [1.54, 1.807) is 18.5 Å². The molecule has 1 aromatic rings. The lowest BCUT2D eigenvalue weighted by atomic mass is 9.77. The Kier molecular flexibility index (Phi) is 4.42. The van der Waals surface area contributed by atoms with Crippen molar-refractivity contribution in [1.82, 2.24) is 10.4 Å². The fourth-order valence-corrected chi connectivity index (χ4v) is 2.84. The number of rotatable bonds is 3. The zero-order valence-electron chi connectivity index (χ0n) is 10.5. The van der Waals surface area contributed by atoms with E-state index in [4.69, 9.17) is 5.84 Å². The Labute approximate surface area is 110 Å². The minimum atomic E-state index is -4.06. The van der Waals surface area contributed by atoms with Gasteiger partial charge in [-0.2, -0.15) is 13.2 Å². The van der Waals surface area contributed by atoms with E-state index in [1.165, 1.54) is 0 Å². The second-order valence-corrected chi connectivity index (χ2v) is 5.08. The number of hydrogen-bond acceptors (Lipinski definition) is 3. The van der Waals surface area contributed by atoms with Crippen molar-refractivity contribution in [3.63, 3.8) is 0 Å². The molecule has 19 heavy (non-hydrogen) atoms. The molecule has 1 atom stereocenters. The lowest BCUT2D eigenvalue weighted by molar-refractivity contribution is -0.184. The van der Waals surface area contributed by atoms with Crippen molar-refractivity contribution in [2.75, 3.05) is 0 Å². The molecule has 0 aromatic carbocycles. The lowest BCUT2D eigenvalue weighted by Gasteiger charge is -2.34. The molecule has 0 amide bonds. The van der Waals surface area contributed by atoms with Gasteiger partial charge in [-0.15, -0.1) is 0 Å². The van der Waals surface area contributed by atoms with E-state index in [1.807, 2.05) is 6.07 Å². The first-order valence-corrected chi connectivity index (χ1v) is 6.45. The molecule has 1 aliphatic carbocycles. The second kappa shape index (κ2) is 5.88. The van der Waals surface area contributed by atoms with Crippen molar-refractivity contribution in [3.05, 3.63) is 30.1 Å². The standard InChI is InChI=1S/C13H18F3N3/c14-13(15,16)11-5-3-9(4-6-11)12(19-17)10-2-1-7-18-8-10/h1-2,7-9,11-12,19H,3-6,17H2. The quantitative estimate of drug-likeness (QED) is 0.657. The van der Waals surface area contributed by atoms with Gasteiger partial charge >= 0.3 is 6.18 Å². The number of alkyl halides is 3. The van der Waals surface area contributed by atoms with Gasteiger partial charge in [-0.3, -0.25) is 16.3 Å². The predicted molar refractivity (Wildman–Crippen MR) is 65.8 cm³/mol. The highest BCUT2D eigenvalue weighted by molar-refractivity contribution is 5.15. The molecular formula is C13H18F3N3. The fraction of sp³-hybridized carbons (Fsp3) is 0.615. The molecule has 0 aliphatic heterocycles. The SMILES string of the molecule is NNC(c1cccnc1)C1CCC(C(F)(F)F)CC1. The highest BCUT2D eigenvalue weighted by atomic mass is 19.4. The fourth-order valence-electron chi connectivity index (χ4n) is 2.84. The van der Waals surface area contributed by atoms with E-state index in [2.05, 4.69) is 10.4 Å². The molecule has 6 heteroatoms. The molecule has 1 unspecified atom stereocenters. The van der Waals surface area contributed by atoms with Crippen LogP contribution in [0.4, 0.5) is 13.2 Å². The zero-order valence-corrected chi connectivity index (χ0v) is 10.5. The van der Waals surface area contributed by atoms with Crippen molar-refractivity contribution < 1.29 is 13.2 Å². The van der Waals surface area contributed by atoms with Crippen molar-refractivity contribution in [1.29, 1.82) is 0 Å². The van der Waals surface area contributed by atoms with Crippen molar-refractivity contribution in [2.24, 2.45) is 17.7 Å². The summed E-state index contributed by atoms with van der Waals surface area (Å²) in [5.41, 5.74) is 3.65. The summed E-state index contributed by atoms with van der Waals surface area (Å²) in [6, 6.07) is 3.58. The smallest absolute Gasteiger partial charge is 0.271 e. The third-order valence-electron chi connectivity index (χ3n) is 3.93. The summed E-state index contributed by atoms with van der Waals surface area (Å²) in [6.45, 7) is 0. The lowest BCUT2D eigenvalue weighted by Crippen LogP contribution is -2.37. The van der Waals surface area contributed by atoms with Crippen LogP contribution in [0.15, 0.2) is 24.5 Å². The maximum absolute atomic E-state index is 12.6. The summed E-state index contributed by atoms with van der Waals surface area (Å²) in [6.07, 6.45) is 0.754. The largest absolute Gasteiger partial charge is 0.391 e. The molecule has 1 heterocycles. The van der Waals surface area contributed by atoms with Crippen molar-refractivity contribution in [3.8, 4) is 0 Å². The number of hydrogen-bond donors (Lipinski definition) is 2. The minimum absolute atomic E-state index is 0.122. The van der Waals surface area contributed by atoms with Gasteiger partial charge in [-0.05, 0) is 43.2 Å². The van der Waals surface area contributed by atoms with Crippen molar-refractivity contribution in [2.45, 2.75) is 37.9 Å². The molecule has 1 aromatic heterocycles. The van der Waals surface area contributed by atoms with Crippen LogP contribution in [-0.4, -0.2) is 11.2 Å². The molecule has 1 saturated carbocycles. The highest BCUT2D eigenvalue weighted by Gasteiger charge is 2.42. The predicted octanol–water partition coefficient (Wildman–Crippen LogP) is 2.95. The minimum Gasteiger partial charge on any atom is -0.271 e. The van der Waals surface area contributed by atoms with Crippen molar-refractivity contribution >= 4 is 0 Å². The summed E-state index contributed by atoms with van der Waals surface area (Å²) < 4.78 is 37.9. The van der Waals surface area contributed by atoms with Gasteiger partial charge in [0, 0.05) is 12.4 Å². The molecule has 0 spiro atoms. The van der Waals surface area contributed by atoms with Crippen LogP contribution in [0.3, 0.4) is 0 Å². The Hall–Kier alpha value is -1.14. The third kappa shape index (κ3) is 3.45. The number of pyridine rings is 1. The van der Waals surface area contributed by atoms with Gasteiger partial charge in [-0.1, -0.05) is 6.07 Å². The molecule has 1 fully saturated rings. The van der Waals surface area contributed by atoms with E-state index < -0.39 is 12.1 Å². The maximum Gasteiger partial charge on any atom is 0.391 e. The molecule has 106 valence electrons. The first kappa shape index (κ1) is 14.3. The Morgan fingerprint density at radius 2 is 1.95 bits per heavy atom. The number of nitrogens with two attached hydrogens (primary N) is 1. The average molecular weight is 273 g/mol. The van der Waals surface area contributed by atoms with E-state index in [0.717, 1.165) is 5.56 Å². The van der Waals surface area contributed by atoms with Gasteiger partial charge in [0.05, 0.1) is 12.0 Å². The third-order valence-corrected chi connectivity index (χ3v) is 3.93. The van der Waals surface area contributed by atoms with Crippen LogP contribution >= 0.6 is 0 Å². The van der Waals surface area contributed by atoms with Gasteiger partial charge in [0.1, 0.15) is 0 Å². The molecular weight excluding hydrogens is 255 g/mol. The Morgan fingerprint density at radius 1 is 1.26 bits per heavy atom. The Morgan fingerprint density at radius 3 is 2.42 bits per heavy atom. The first-order valence-electron chi connectivity index (χ1n) is 6.45. The molecule has 1 aliphatic rings. The van der Waals surface area contributed by atoms with Crippen LogP contribution in [0.5, 0.6) is 0 Å². The van der Waals surface area contributed by atoms with Crippen LogP contribution in [0.1, 0.15) is 37.3 Å². The highest BCUT2D eigenvalue weighted by Crippen LogP contribution is 2.42.